The third-order valence-electron chi connectivity index (χ3n) is 16.3. The van der Waals surface area contributed by atoms with E-state index < -0.39 is 6.10 Å². The molecule has 82 heavy (non-hydrogen) atoms. The van der Waals surface area contributed by atoms with Gasteiger partial charge in [-0.1, -0.05) is 345 Å². The van der Waals surface area contributed by atoms with Gasteiger partial charge in [0, 0.05) is 19.3 Å². The maximum atomic E-state index is 12.9. The summed E-state index contributed by atoms with van der Waals surface area (Å²) in [6.45, 7) is 6.58. The normalized spacial score (nSPS) is 12.4. The Morgan fingerprint density at radius 3 is 0.756 bits per heavy atom. The van der Waals surface area contributed by atoms with Gasteiger partial charge in [-0.05, 0) is 83.5 Å². The molecule has 0 rings (SSSR count). The van der Waals surface area contributed by atoms with E-state index in [0.717, 1.165) is 89.9 Å². The average Bonchev–Trinajstić information content (AvgIpc) is 3.47. The molecule has 0 bridgehead atoms. The summed E-state index contributed by atoms with van der Waals surface area (Å²) in [6, 6.07) is 0. The largest absolute Gasteiger partial charge is 0.462 e. The number of hydrogen-bond donors (Lipinski definition) is 0. The summed E-state index contributed by atoms with van der Waals surface area (Å²) in [5.74, 6) is -0.850. The van der Waals surface area contributed by atoms with Gasteiger partial charge in [0.25, 0.3) is 0 Å². The van der Waals surface area contributed by atoms with E-state index in [1.54, 1.807) is 0 Å². The SMILES string of the molecule is CC/C=C\C/C=C\C/C=C\C/C=C\CCCCCCCCCCCCCCCCCCCCCCC(=O)OCC(COC(=O)CCCCCCC/C=C\CCCCCCC)OC(=O)CCCCCCCCCCCCCCCCCCC. The Bertz CT molecular complexity index is 1460. The van der Waals surface area contributed by atoms with Crippen LogP contribution in [0.4, 0.5) is 0 Å². The van der Waals surface area contributed by atoms with Gasteiger partial charge in [0.15, 0.2) is 6.10 Å². The Balaban J connectivity index is 4.14. The second-order valence-electron chi connectivity index (χ2n) is 24.5. The van der Waals surface area contributed by atoms with Crippen LogP contribution in [0.25, 0.3) is 0 Å². The van der Waals surface area contributed by atoms with Gasteiger partial charge >= 0.3 is 17.9 Å². The van der Waals surface area contributed by atoms with Gasteiger partial charge in [-0.25, -0.2) is 0 Å². The lowest BCUT2D eigenvalue weighted by Crippen LogP contribution is -2.30. The number of rotatable bonds is 67. The Kier molecular flexibility index (Phi) is 68.1. The van der Waals surface area contributed by atoms with Crippen molar-refractivity contribution in [3.05, 3.63) is 60.8 Å². The molecule has 0 N–H and O–H groups in total. The third kappa shape index (κ3) is 67.9. The first-order chi connectivity index (χ1) is 40.5. The van der Waals surface area contributed by atoms with E-state index in [-0.39, 0.29) is 31.1 Å². The summed E-state index contributed by atoms with van der Waals surface area (Å²) in [6.07, 6.45) is 91.2. The van der Waals surface area contributed by atoms with Crippen LogP contribution in [0.5, 0.6) is 0 Å². The van der Waals surface area contributed by atoms with Crippen molar-refractivity contribution in [3.63, 3.8) is 0 Å². The van der Waals surface area contributed by atoms with Gasteiger partial charge in [0.1, 0.15) is 13.2 Å². The number of carbonyl (C=O) groups is 3. The van der Waals surface area contributed by atoms with Gasteiger partial charge in [0.05, 0.1) is 0 Å². The van der Waals surface area contributed by atoms with Crippen LogP contribution in [0.2, 0.25) is 0 Å². The molecule has 0 aliphatic carbocycles. The predicted molar refractivity (Wildman–Crippen MR) is 358 cm³/mol. The van der Waals surface area contributed by atoms with Gasteiger partial charge < -0.3 is 14.2 Å². The Labute approximate surface area is 510 Å². The van der Waals surface area contributed by atoms with E-state index in [0.29, 0.717) is 19.3 Å². The Morgan fingerprint density at radius 2 is 0.476 bits per heavy atom. The van der Waals surface area contributed by atoms with Crippen LogP contribution in [-0.2, 0) is 28.6 Å². The lowest BCUT2D eigenvalue weighted by atomic mass is 10.0. The van der Waals surface area contributed by atoms with Crippen LogP contribution in [0.1, 0.15) is 387 Å². The highest BCUT2D eigenvalue weighted by atomic mass is 16.6. The van der Waals surface area contributed by atoms with Crippen molar-refractivity contribution in [1.29, 1.82) is 0 Å². The fourth-order valence-electron chi connectivity index (χ4n) is 10.8. The molecule has 1 unspecified atom stereocenters. The zero-order valence-corrected chi connectivity index (χ0v) is 55.0. The van der Waals surface area contributed by atoms with Gasteiger partial charge in [-0.2, -0.15) is 0 Å². The smallest absolute Gasteiger partial charge is 0.306 e. The highest BCUT2D eigenvalue weighted by Crippen LogP contribution is 2.18. The lowest BCUT2D eigenvalue weighted by Gasteiger charge is -2.18. The van der Waals surface area contributed by atoms with E-state index in [2.05, 4.69) is 81.5 Å². The van der Waals surface area contributed by atoms with E-state index in [1.807, 2.05) is 0 Å². The molecule has 6 heteroatoms. The Morgan fingerprint density at radius 1 is 0.256 bits per heavy atom. The van der Waals surface area contributed by atoms with Crippen molar-refractivity contribution in [2.75, 3.05) is 13.2 Å². The molecule has 0 saturated carbocycles. The number of allylic oxidation sites excluding steroid dienone is 10. The first kappa shape index (κ1) is 79.1. The molecular formula is C76H138O6. The summed E-state index contributed by atoms with van der Waals surface area (Å²) in [5.41, 5.74) is 0. The van der Waals surface area contributed by atoms with E-state index in [4.69, 9.17) is 14.2 Å². The van der Waals surface area contributed by atoms with Crippen LogP contribution in [0.15, 0.2) is 60.8 Å². The molecule has 0 spiro atoms. The highest BCUT2D eigenvalue weighted by molar-refractivity contribution is 5.71. The van der Waals surface area contributed by atoms with Crippen molar-refractivity contribution in [3.8, 4) is 0 Å². The Hall–Kier alpha value is -2.89. The molecule has 0 aliphatic rings. The minimum Gasteiger partial charge on any atom is -0.462 e. The van der Waals surface area contributed by atoms with Crippen LogP contribution >= 0.6 is 0 Å². The molecule has 0 aromatic rings. The van der Waals surface area contributed by atoms with Crippen molar-refractivity contribution in [2.24, 2.45) is 0 Å². The second-order valence-corrected chi connectivity index (χ2v) is 24.5. The fraction of sp³-hybridized carbons (Fsp3) is 0.829. The monoisotopic (exact) mass is 1150 g/mol. The molecule has 0 aromatic carbocycles. The minimum absolute atomic E-state index is 0.0699. The number of hydrogen-bond acceptors (Lipinski definition) is 6. The van der Waals surface area contributed by atoms with Crippen molar-refractivity contribution >= 4 is 17.9 Å². The van der Waals surface area contributed by atoms with Crippen LogP contribution in [0, 0.1) is 0 Å². The van der Waals surface area contributed by atoms with Gasteiger partial charge in [-0.15, -0.1) is 0 Å². The quantitative estimate of drug-likeness (QED) is 0.0261. The maximum Gasteiger partial charge on any atom is 0.306 e. The van der Waals surface area contributed by atoms with E-state index in [9.17, 15) is 14.4 Å². The van der Waals surface area contributed by atoms with Crippen LogP contribution in [-0.4, -0.2) is 37.2 Å². The molecule has 0 saturated heterocycles. The van der Waals surface area contributed by atoms with Gasteiger partial charge in [-0.3, -0.25) is 14.4 Å². The first-order valence-corrected chi connectivity index (χ1v) is 36.3. The zero-order valence-electron chi connectivity index (χ0n) is 55.0. The molecule has 0 heterocycles. The summed E-state index contributed by atoms with van der Waals surface area (Å²) >= 11 is 0. The summed E-state index contributed by atoms with van der Waals surface area (Å²) < 4.78 is 17.0. The molecular weight excluding hydrogens is 1010 g/mol. The van der Waals surface area contributed by atoms with Crippen molar-refractivity contribution in [2.45, 2.75) is 393 Å². The lowest BCUT2D eigenvalue weighted by molar-refractivity contribution is -0.167. The highest BCUT2D eigenvalue weighted by Gasteiger charge is 2.19. The predicted octanol–water partition coefficient (Wildman–Crippen LogP) is 25.1. The number of carbonyl (C=O) groups excluding carboxylic acids is 3. The minimum atomic E-state index is -0.774. The molecule has 0 amide bonds. The molecule has 6 nitrogen and oxygen atoms in total. The fourth-order valence-corrected chi connectivity index (χ4v) is 10.8. The maximum absolute atomic E-state index is 12.9. The molecule has 0 aliphatic heterocycles. The van der Waals surface area contributed by atoms with Crippen LogP contribution < -0.4 is 0 Å². The average molecular weight is 1150 g/mol. The second kappa shape index (κ2) is 70.6. The zero-order chi connectivity index (χ0) is 59.2. The summed E-state index contributed by atoms with van der Waals surface area (Å²) in [7, 11) is 0. The summed E-state index contributed by atoms with van der Waals surface area (Å²) in [4.78, 5) is 38.4. The summed E-state index contributed by atoms with van der Waals surface area (Å²) in [5, 5.41) is 0. The number of esters is 3. The van der Waals surface area contributed by atoms with Crippen molar-refractivity contribution < 1.29 is 28.6 Å². The molecule has 0 radical (unpaired) electrons. The van der Waals surface area contributed by atoms with E-state index in [1.165, 1.54) is 257 Å². The standard InChI is InChI=1S/C76H138O6/c1-4-7-10-13-16-19-22-25-28-30-31-32-33-34-35-36-37-38-39-40-41-42-43-44-45-47-48-51-54-57-60-63-66-69-75(78)81-72-73(71-80-74(77)68-65-62-59-56-53-50-27-24-21-18-15-12-9-6-3)82-76(79)70-67-64-61-58-55-52-49-46-29-26-23-20-17-14-11-8-5-2/h7,10,16,19,24-25,27-28,31-32,73H,4-6,8-9,11-15,17-18,20-23,26,29-30,33-72H2,1-3H3/b10-7-,19-16-,27-24-,28-25-,32-31-. The third-order valence-corrected chi connectivity index (χ3v) is 16.3. The number of ether oxygens (including phenoxy) is 3. The topological polar surface area (TPSA) is 78.9 Å². The molecule has 478 valence electrons. The van der Waals surface area contributed by atoms with Crippen LogP contribution in [0.3, 0.4) is 0 Å². The number of unbranched alkanes of at least 4 members (excludes halogenated alkanes) is 46. The molecule has 0 aromatic heterocycles. The van der Waals surface area contributed by atoms with Gasteiger partial charge in [0.2, 0.25) is 0 Å². The van der Waals surface area contributed by atoms with Crippen molar-refractivity contribution in [1.82, 2.24) is 0 Å². The van der Waals surface area contributed by atoms with E-state index >= 15 is 0 Å². The molecule has 1 atom stereocenters. The first-order valence-electron chi connectivity index (χ1n) is 36.3. The molecule has 0 fully saturated rings.